The Morgan fingerprint density at radius 3 is 2.72 bits per heavy atom. The van der Waals surface area contributed by atoms with Crippen molar-refractivity contribution >= 4 is 11.9 Å². The molecule has 128 valence electrons. The van der Waals surface area contributed by atoms with Crippen LogP contribution in [0.15, 0.2) is 36.4 Å². The van der Waals surface area contributed by atoms with Gasteiger partial charge in [-0.15, -0.1) is 0 Å². The second-order valence-electron chi connectivity index (χ2n) is 6.61. The summed E-state index contributed by atoms with van der Waals surface area (Å²) in [5.74, 6) is 0.0471. The lowest BCUT2D eigenvalue weighted by atomic mass is 10.0. The van der Waals surface area contributed by atoms with Crippen LogP contribution in [0, 0.1) is 0 Å². The number of carboxylic acid groups (broad SMARTS) is 1. The Kier molecular flexibility index (Phi) is 3.92. The molecule has 0 spiro atoms. The van der Waals surface area contributed by atoms with Crippen molar-refractivity contribution in [2.24, 2.45) is 0 Å². The number of carbonyl (C=O) groups is 2. The van der Waals surface area contributed by atoms with E-state index in [0.29, 0.717) is 19.5 Å². The number of ether oxygens (including phenoxy) is 1. The van der Waals surface area contributed by atoms with Gasteiger partial charge in [-0.05, 0) is 53.3 Å². The molecule has 0 radical (unpaired) electrons. The molecule has 1 N–H and O–H groups in total. The van der Waals surface area contributed by atoms with Crippen molar-refractivity contribution in [1.82, 2.24) is 4.90 Å². The van der Waals surface area contributed by atoms with Crippen molar-refractivity contribution in [2.75, 3.05) is 6.61 Å². The minimum atomic E-state index is -0.941. The highest BCUT2D eigenvalue weighted by molar-refractivity contribution is 5.88. The summed E-state index contributed by atoms with van der Waals surface area (Å²) in [6, 6.07) is 11.0. The number of aryl methyl sites for hydroxylation is 1. The second kappa shape index (κ2) is 6.24. The highest BCUT2D eigenvalue weighted by Gasteiger charge is 2.24. The molecular formula is C20H19NO4. The maximum atomic E-state index is 12.6. The predicted octanol–water partition coefficient (Wildman–Crippen LogP) is 2.79. The number of benzene rings is 2. The fraction of sp³-hybridized carbons (Fsp3) is 0.300. The number of rotatable bonds is 3. The molecule has 2 aliphatic rings. The van der Waals surface area contributed by atoms with Crippen molar-refractivity contribution < 1.29 is 19.4 Å². The fourth-order valence-electron chi connectivity index (χ4n) is 3.51. The molecule has 0 fully saturated rings. The molecule has 2 heterocycles. The normalized spacial score (nSPS) is 15.3. The summed E-state index contributed by atoms with van der Waals surface area (Å²) in [6.45, 7) is 1.78. The molecule has 2 aromatic rings. The molecule has 0 saturated carbocycles. The van der Waals surface area contributed by atoms with Gasteiger partial charge >= 0.3 is 5.97 Å². The second-order valence-corrected chi connectivity index (χ2v) is 6.61. The predicted molar refractivity (Wildman–Crippen MR) is 91.6 cm³/mol. The number of carboxylic acids is 1. The highest BCUT2D eigenvalue weighted by Crippen LogP contribution is 2.27. The first kappa shape index (κ1) is 15.7. The minimum absolute atomic E-state index is 0.0600. The van der Waals surface area contributed by atoms with Crippen molar-refractivity contribution in [3.05, 3.63) is 64.2 Å². The topological polar surface area (TPSA) is 66.8 Å². The van der Waals surface area contributed by atoms with Crippen LogP contribution in [-0.2, 0) is 30.7 Å². The Morgan fingerprint density at radius 1 is 1.04 bits per heavy atom. The first-order valence-electron chi connectivity index (χ1n) is 8.47. The van der Waals surface area contributed by atoms with Crippen LogP contribution in [0.5, 0.6) is 5.75 Å². The molecule has 2 aromatic carbocycles. The van der Waals surface area contributed by atoms with Crippen LogP contribution in [0.4, 0.5) is 0 Å². The molecule has 1 amide bonds. The maximum absolute atomic E-state index is 12.6. The van der Waals surface area contributed by atoms with Gasteiger partial charge in [-0.1, -0.05) is 18.2 Å². The van der Waals surface area contributed by atoms with Crippen molar-refractivity contribution in [1.29, 1.82) is 0 Å². The molecule has 2 aliphatic heterocycles. The average Bonchev–Trinajstić information content (AvgIpc) is 3.05. The van der Waals surface area contributed by atoms with Crippen LogP contribution >= 0.6 is 0 Å². The zero-order chi connectivity index (χ0) is 17.4. The van der Waals surface area contributed by atoms with E-state index in [1.54, 1.807) is 17.0 Å². The number of nitrogens with zero attached hydrogens (tertiary/aromatic N) is 1. The van der Waals surface area contributed by atoms with E-state index in [4.69, 9.17) is 9.84 Å². The molecular weight excluding hydrogens is 318 g/mol. The zero-order valence-electron chi connectivity index (χ0n) is 13.8. The molecule has 0 bridgehead atoms. The van der Waals surface area contributed by atoms with Crippen molar-refractivity contribution in [3.63, 3.8) is 0 Å². The van der Waals surface area contributed by atoms with E-state index in [-0.39, 0.29) is 11.5 Å². The summed E-state index contributed by atoms with van der Waals surface area (Å²) in [7, 11) is 0. The van der Waals surface area contributed by atoms with Gasteiger partial charge in [-0.25, -0.2) is 4.79 Å². The molecule has 0 unspecified atom stereocenters. The first-order valence-corrected chi connectivity index (χ1v) is 8.47. The Balaban J connectivity index is 1.46. The largest absolute Gasteiger partial charge is 0.493 e. The van der Waals surface area contributed by atoms with Gasteiger partial charge in [0.2, 0.25) is 5.91 Å². The number of fused-ring (bicyclic) bond motifs is 2. The van der Waals surface area contributed by atoms with Gasteiger partial charge in [-0.3, -0.25) is 4.79 Å². The molecule has 25 heavy (non-hydrogen) atoms. The summed E-state index contributed by atoms with van der Waals surface area (Å²) < 4.78 is 5.61. The third kappa shape index (κ3) is 3.09. The Labute approximate surface area is 145 Å². The highest BCUT2D eigenvalue weighted by atomic mass is 16.5. The summed E-state index contributed by atoms with van der Waals surface area (Å²) >= 11 is 0. The van der Waals surface area contributed by atoms with E-state index in [1.165, 1.54) is 5.56 Å². The third-order valence-corrected chi connectivity index (χ3v) is 4.86. The lowest BCUT2D eigenvalue weighted by Crippen LogP contribution is -2.27. The molecule has 5 heteroatoms. The smallest absolute Gasteiger partial charge is 0.335 e. The van der Waals surface area contributed by atoms with Crippen LogP contribution in [-0.4, -0.2) is 28.5 Å². The Morgan fingerprint density at radius 2 is 1.88 bits per heavy atom. The van der Waals surface area contributed by atoms with E-state index in [2.05, 4.69) is 6.07 Å². The van der Waals surface area contributed by atoms with E-state index in [9.17, 15) is 9.59 Å². The first-order chi connectivity index (χ1) is 12.1. The number of aromatic carboxylic acids is 1. The van der Waals surface area contributed by atoms with Gasteiger partial charge in [0.15, 0.2) is 0 Å². The molecule has 0 atom stereocenters. The number of amides is 1. The quantitative estimate of drug-likeness (QED) is 0.935. The zero-order valence-corrected chi connectivity index (χ0v) is 13.8. The lowest BCUT2D eigenvalue weighted by Gasteiger charge is -2.19. The lowest BCUT2D eigenvalue weighted by molar-refractivity contribution is -0.131. The van der Waals surface area contributed by atoms with Crippen LogP contribution in [0.25, 0.3) is 0 Å². The third-order valence-electron chi connectivity index (χ3n) is 4.86. The van der Waals surface area contributed by atoms with Gasteiger partial charge in [-0.2, -0.15) is 0 Å². The van der Waals surface area contributed by atoms with Crippen molar-refractivity contribution in [3.8, 4) is 5.75 Å². The summed E-state index contributed by atoms with van der Waals surface area (Å²) in [6.07, 6.45) is 2.36. The molecule has 4 rings (SSSR count). The number of hydrogen-bond donors (Lipinski definition) is 1. The van der Waals surface area contributed by atoms with Crippen LogP contribution in [0.1, 0.15) is 39.0 Å². The van der Waals surface area contributed by atoms with E-state index >= 15 is 0 Å². The number of carbonyl (C=O) groups excluding carboxylic acids is 1. The van der Waals surface area contributed by atoms with Gasteiger partial charge < -0.3 is 14.7 Å². The minimum Gasteiger partial charge on any atom is -0.493 e. The van der Waals surface area contributed by atoms with E-state index in [1.807, 2.05) is 18.2 Å². The Hall–Kier alpha value is -2.82. The Bertz CT molecular complexity index is 859. The van der Waals surface area contributed by atoms with E-state index < -0.39 is 5.97 Å². The number of hydrogen-bond acceptors (Lipinski definition) is 3. The maximum Gasteiger partial charge on any atom is 0.335 e. The monoisotopic (exact) mass is 337 g/mol. The van der Waals surface area contributed by atoms with E-state index in [0.717, 1.165) is 41.9 Å². The van der Waals surface area contributed by atoms with Crippen LogP contribution in [0.3, 0.4) is 0 Å². The van der Waals surface area contributed by atoms with Gasteiger partial charge in [0, 0.05) is 13.1 Å². The average molecular weight is 337 g/mol. The van der Waals surface area contributed by atoms with Gasteiger partial charge in [0.05, 0.1) is 18.6 Å². The molecule has 0 saturated heterocycles. The summed E-state index contributed by atoms with van der Waals surface area (Å²) in [4.78, 5) is 25.5. The molecule has 0 aliphatic carbocycles. The van der Waals surface area contributed by atoms with Crippen LogP contribution < -0.4 is 4.74 Å². The molecule has 0 aromatic heterocycles. The SMILES string of the molecule is O=C(O)c1ccc2c(c1)CN(C(=O)Cc1ccc3c(c1)CCCO3)C2. The van der Waals surface area contributed by atoms with Crippen LogP contribution in [0.2, 0.25) is 0 Å². The fourth-order valence-corrected chi connectivity index (χ4v) is 3.51. The molecule has 5 nitrogen and oxygen atoms in total. The van der Waals surface area contributed by atoms with Gasteiger partial charge in [0.1, 0.15) is 5.75 Å². The standard InChI is InChI=1S/C20H19NO4/c22-19(9-13-3-6-18-14(8-13)2-1-7-25-18)21-11-16-5-4-15(20(23)24)10-17(16)12-21/h3-6,8,10H,1-2,7,9,11-12H2,(H,23,24). The summed E-state index contributed by atoms with van der Waals surface area (Å²) in [5.41, 5.74) is 4.39. The van der Waals surface area contributed by atoms with Crippen molar-refractivity contribution in [2.45, 2.75) is 32.4 Å². The summed E-state index contributed by atoms with van der Waals surface area (Å²) in [5, 5.41) is 9.09. The van der Waals surface area contributed by atoms with Gasteiger partial charge in [0.25, 0.3) is 0 Å².